The second kappa shape index (κ2) is 6.39. The normalized spacial score (nSPS) is 14.5. The van der Waals surface area contributed by atoms with Crippen LogP contribution < -0.4 is 5.32 Å². The molecule has 0 aliphatic heterocycles. The molecule has 0 aromatic carbocycles. The van der Waals surface area contributed by atoms with Gasteiger partial charge >= 0.3 is 0 Å². The highest BCUT2D eigenvalue weighted by molar-refractivity contribution is 4.68. The Morgan fingerprint density at radius 1 is 1.00 bits per heavy atom. The number of nitrogens with zero attached hydrogens (tertiary/aromatic N) is 1. The molecule has 2 heteroatoms. The number of rotatable bonds is 6. The van der Waals surface area contributed by atoms with Crippen LogP contribution in [0.15, 0.2) is 0 Å². The quantitative estimate of drug-likeness (QED) is 0.682. The minimum atomic E-state index is 0.586. The second-order valence-corrected chi connectivity index (χ2v) is 4.84. The summed E-state index contributed by atoms with van der Waals surface area (Å²) in [4.78, 5) is 2.39. The molecule has 0 saturated heterocycles. The van der Waals surface area contributed by atoms with Crippen molar-refractivity contribution >= 4 is 0 Å². The van der Waals surface area contributed by atoms with Crippen molar-refractivity contribution in [1.29, 1.82) is 0 Å². The van der Waals surface area contributed by atoms with Crippen LogP contribution in [-0.4, -0.2) is 37.1 Å². The van der Waals surface area contributed by atoms with E-state index in [1.54, 1.807) is 0 Å². The lowest BCUT2D eigenvalue weighted by atomic mass is 10.2. The van der Waals surface area contributed by atoms with E-state index in [9.17, 15) is 0 Å². The largest absolute Gasteiger partial charge is 0.311 e. The van der Waals surface area contributed by atoms with Crippen molar-refractivity contribution in [3.8, 4) is 0 Å². The number of likely N-dealkylation sites (N-methyl/N-ethyl adjacent to an activating group) is 1. The standard InChI is InChI=1S/C11H26N2/c1-9(2)7-13(6)8-11(5)12-10(3)4/h9-12H,7-8H2,1-6H3/t11-/m0/s1. The molecule has 0 saturated carbocycles. The summed E-state index contributed by atoms with van der Waals surface area (Å²) in [6.07, 6.45) is 0. The van der Waals surface area contributed by atoms with Crippen LogP contribution in [0.2, 0.25) is 0 Å². The van der Waals surface area contributed by atoms with Gasteiger partial charge in [-0.3, -0.25) is 0 Å². The summed E-state index contributed by atoms with van der Waals surface area (Å²) in [6.45, 7) is 13.5. The summed E-state index contributed by atoms with van der Waals surface area (Å²) < 4.78 is 0. The average molecular weight is 186 g/mol. The van der Waals surface area contributed by atoms with Gasteiger partial charge in [0.15, 0.2) is 0 Å². The molecule has 0 rings (SSSR count). The number of hydrogen-bond acceptors (Lipinski definition) is 2. The van der Waals surface area contributed by atoms with Crippen molar-refractivity contribution in [2.45, 2.75) is 46.7 Å². The molecule has 80 valence electrons. The first kappa shape index (κ1) is 12.9. The summed E-state index contributed by atoms with van der Waals surface area (Å²) in [5.74, 6) is 0.760. The van der Waals surface area contributed by atoms with E-state index in [4.69, 9.17) is 0 Å². The maximum Gasteiger partial charge on any atom is 0.0168 e. The highest BCUT2D eigenvalue weighted by atomic mass is 15.1. The maximum absolute atomic E-state index is 3.51. The van der Waals surface area contributed by atoms with Crippen LogP contribution in [0, 0.1) is 5.92 Å². The fourth-order valence-electron chi connectivity index (χ4n) is 1.79. The van der Waals surface area contributed by atoms with Gasteiger partial charge in [-0.2, -0.15) is 0 Å². The van der Waals surface area contributed by atoms with Crippen LogP contribution in [0.4, 0.5) is 0 Å². The highest BCUT2D eigenvalue weighted by Gasteiger charge is 2.07. The smallest absolute Gasteiger partial charge is 0.0168 e. The third kappa shape index (κ3) is 8.26. The molecule has 2 nitrogen and oxygen atoms in total. The molecule has 0 aliphatic rings. The Morgan fingerprint density at radius 3 is 1.92 bits per heavy atom. The Morgan fingerprint density at radius 2 is 1.54 bits per heavy atom. The number of nitrogens with one attached hydrogen (secondary N) is 1. The Hall–Kier alpha value is -0.0800. The molecule has 0 fully saturated rings. The SMILES string of the molecule is CC(C)CN(C)C[C@H](C)NC(C)C. The van der Waals surface area contributed by atoms with E-state index in [0.717, 1.165) is 12.5 Å². The van der Waals surface area contributed by atoms with Gasteiger partial charge < -0.3 is 10.2 Å². The van der Waals surface area contributed by atoms with Gasteiger partial charge in [-0.05, 0) is 19.9 Å². The summed E-state index contributed by atoms with van der Waals surface area (Å²) in [6, 6.07) is 1.17. The molecule has 0 heterocycles. The summed E-state index contributed by atoms with van der Waals surface area (Å²) in [5.41, 5.74) is 0. The summed E-state index contributed by atoms with van der Waals surface area (Å²) in [7, 11) is 2.19. The van der Waals surface area contributed by atoms with Crippen molar-refractivity contribution in [2.75, 3.05) is 20.1 Å². The Bertz CT molecular complexity index is 107. The molecule has 0 unspecified atom stereocenters. The Balaban J connectivity index is 3.58. The van der Waals surface area contributed by atoms with Gasteiger partial charge in [0.05, 0.1) is 0 Å². The molecule has 13 heavy (non-hydrogen) atoms. The van der Waals surface area contributed by atoms with E-state index in [1.807, 2.05) is 0 Å². The lowest BCUT2D eigenvalue weighted by molar-refractivity contribution is 0.262. The van der Waals surface area contributed by atoms with Gasteiger partial charge in [0.2, 0.25) is 0 Å². The van der Waals surface area contributed by atoms with Crippen molar-refractivity contribution < 1.29 is 0 Å². The first-order valence-electron chi connectivity index (χ1n) is 5.36. The summed E-state index contributed by atoms with van der Waals surface area (Å²) in [5, 5.41) is 3.51. The van der Waals surface area contributed by atoms with Crippen LogP contribution >= 0.6 is 0 Å². The van der Waals surface area contributed by atoms with Crippen molar-refractivity contribution in [3.63, 3.8) is 0 Å². The van der Waals surface area contributed by atoms with Gasteiger partial charge in [-0.15, -0.1) is 0 Å². The molecule has 0 aromatic heterocycles. The topological polar surface area (TPSA) is 15.3 Å². The van der Waals surface area contributed by atoms with Crippen LogP contribution in [0.3, 0.4) is 0 Å². The van der Waals surface area contributed by atoms with Crippen molar-refractivity contribution in [3.05, 3.63) is 0 Å². The number of hydrogen-bond donors (Lipinski definition) is 1. The van der Waals surface area contributed by atoms with Gasteiger partial charge in [0, 0.05) is 25.2 Å². The van der Waals surface area contributed by atoms with E-state index in [2.05, 4.69) is 51.9 Å². The van der Waals surface area contributed by atoms with E-state index in [0.29, 0.717) is 12.1 Å². The molecule has 0 aromatic rings. The van der Waals surface area contributed by atoms with Crippen LogP contribution in [0.5, 0.6) is 0 Å². The van der Waals surface area contributed by atoms with Crippen molar-refractivity contribution in [2.24, 2.45) is 5.92 Å². The van der Waals surface area contributed by atoms with Crippen LogP contribution in [-0.2, 0) is 0 Å². The molecular formula is C11H26N2. The molecule has 0 aliphatic carbocycles. The second-order valence-electron chi connectivity index (χ2n) is 4.84. The minimum Gasteiger partial charge on any atom is -0.311 e. The third-order valence-corrected chi connectivity index (χ3v) is 1.88. The first-order chi connectivity index (χ1) is 5.91. The van der Waals surface area contributed by atoms with Gasteiger partial charge in [-0.1, -0.05) is 27.7 Å². The highest BCUT2D eigenvalue weighted by Crippen LogP contribution is 1.97. The van der Waals surface area contributed by atoms with Crippen LogP contribution in [0.1, 0.15) is 34.6 Å². The molecule has 0 bridgehead atoms. The zero-order valence-corrected chi connectivity index (χ0v) is 10.1. The third-order valence-electron chi connectivity index (χ3n) is 1.88. The average Bonchev–Trinajstić information content (AvgIpc) is 1.80. The zero-order chi connectivity index (χ0) is 10.4. The minimum absolute atomic E-state index is 0.586. The van der Waals surface area contributed by atoms with Gasteiger partial charge in [-0.25, -0.2) is 0 Å². The Labute approximate surface area is 83.7 Å². The van der Waals surface area contributed by atoms with E-state index in [-0.39, 0.29) is 0 Å². The van der Waals surface area contributed by atoms with E-state index in [1.165, 1.54) is 6.54 Å². The zero-order valence-electron chi connectivity index (χ0n) is 10.1. The fraction of sp³-hybridized carbons (Fsp3) is 1.00. The van der Waals surface area contributed by atoms with Crippen molar-refractivity contribution in [1.82, 2.24) is 10.2 Å². The molecule has 1 atom stereocenters. The Kier molecular flexibility index (Phi) is 6.35. The molecule has 0 amide bonds. The van der Waals surface area contributed by atoms with Gasteiger partial charge in [0.25, 0.3) is 0 Å². The predicted octanol–water partition coefficient (Wildman–Crippen LogP) is 1.96. The monoisotopic (exact) mass is 186 g/mol. The van der Waals surface area contributed by atoms with Crippen LogP contribution in [0.25, 0.3) is 0 Å². The predicted molar refractivity (Wildman–Crippen MR) is 60.1 cm³/mol. The summed E-state index contributed by atoms with van der Waals surface area (Å²) >= 11 is 0. The fourth-order valence-corrected chi connectivity index (χ4v) is 1.79. The van der Waals surface area contributed by atoms with E-state index < -0.39 is 0 Å². The van der Waals surface area contributed by atoms with Gasteiger partial charge in [0.1, 0.15) is 0 Å². The molecule has 0 radical (unpaired) electrons. The first-order valence-corrected chi connectivity index (χ1v) is 5.36. The maximum atomic E-state index is 3.51. The lowest BCUT2D eigenvalue weighted by Gasteiger charge is -2.25. The molecule has 0 spiro atoms. The lowest BCUT2D eigenvalue weighted by Crippen LogP contribution is -2.41. The molecule has 1 N–H and O–H groups in total. The van der Waals surface area contributed by atoms with E-state index >= 15 is 0 Å². The molecular weight excluding hydrogens is 160 g/mol.